The number of nitrogens with one attached hydrogen (secondary N) is 3. The van der Waals surface area contributed by atoms with Crippen LogP contribution in [0.4, 0.5) is 14.5 Å². The molecule has 1 fully saturated rings. The smallest absolute Gasteiger partial charge is 0.259 e. The van der Waals surface area contributed by atoms with E-state index in [0.717, 1.165) is 31.4 Å². The number of amides is 2. The number of rotatable bonds is 10. The van der Waals surface area contributed by atoms with Gasteiger partial charge in [-0.05, 0) is 42.2 Å². The minimum atomic E-state index is -1.82. The average Bonchev–Trinajstić information content (AvgIpc) is 2.83. The summed E-state index contributed by atoms with van der Waals surface area (Å²) in [5.74, 6) is -1.08. The Hall–Kier alpha value is -2.96. The molecule has 0 saturated heterocycles. The summed E-state index contributed by atoms with van der Waals surface area (Å²) in [6.07, 6.45) is 4.14. The first-order chi connectivity index (χ1) is 15.5. The van der Waals surface area contributed by atoms with Crippen molar-refractivity contribution < 1.29 is 18.4 Å². The lowest BCUT2D eigenvalue weighted by Gasteiger charge is -2.27. The third kappa shape index (κ3) is 7.32. The van der Waals surface area contributed by atoms with Gasteiger partial charge in [-0.1, -0.05) is 62.4 Å². The summed E-state index contributed by atoms with van der Waals surface area (Å²) in [5.41, 5.74) is 1.01. The Balaban J connectivity index is 1.54. The lowest BCUT2D eigenvalue weighted by molar-refractivity contribution is -0.132. The van der Waals surface area contributed by atoms with Crippen molar-refractivity contribution in [2.24, 2.45) is 5.92 Å². The summed E-state index contributed by atoms with van der Waals surface area (Å²) in [6.45, 7) is 0.766. The average molecular weight is 444 g/mol. The zero-order valence-corrected chi connectivity index (χ0v) is 18.2. The number of anilines is 1. The van der Waals surface area contributed by atoms with Crippen molar-refractivity contribution in [2.75, 3.05) is 18.4 Å². The van der Waals surface area contributed by atoms with Crippen LogP contribution in [0.2, 0.25) is 0 Å². The number of hydrogen-bond acceptors (Lipinski definition) is 3. The van der Waals surface area contributed by atoms with E-state index >= 15 is 0 Å². The predicted molar refractivity (Wildman–Crippen MR) is 121 cm³/mol. The van der Waals surface area contributed by atoms with Crippen molar-refractivity contribution in [2.45, 2.75) is 50.7 Å². The predicted octanol–water partition coefficient (Wildman–Crippen LogP) is 4.52. The number of benzene rings is 2. The molecule has 3 rings (SSSR count). The molecule has 0 aromatic heterocycles. The molecule has 2 aromatic carbocycles. The van der Waals surface area contributed by atoms with Gasteiger partial charge in [-0.2, -0.15) is 0 Å². The maximum atomic E-state index is 14.7. The van der Waals surface area contributed by atoms with Crippen LogP contribution in [0.15, 0.2) is 54.6 Å². The summed E-state index contributed by atoms with van der Waals surface area (Å²) in [5, 5.41) is 8.56. The minimum Gasteiger partial charge on any atom is -0.383 e. The highest BCUT2D eigenvalue weighted by Crippen LogP contribution is 2.28. The van der Waals surface area contributed by atoms with Gasteiger partial charge >= 0.3 is 0 Å². The Labute approximate surface area is 188 Å². The Morgan fingerprint density at radius 2 is 1.59 bits per heavy atom. The number of carbonyl (C=O) groups is 2. The molecule has 3 N–H and O–H groups in total. The highest BCUT2D eigenvalue weighted by Gasteiger charge is 2.29. The zero-order chi connectivity index (χ0) is 22.8. The fourth-order valence-electron chi connectivity index (χ4n) is 4.09. The summed E-state index contributed by atoms with van der Waals surface area (Å²) in [4.78, 5) is 25.4. The highest BCUT2D eigenvalue weighted by atomic mass is 19.1. The van der Waals surface area contributed by atoms with Gasteiger partial charge in [0.15, 0.2) is 0 Å². The van der Waals surface area contributed by atoms with Gasteiger partial charge < -0.3 is 16.0 Å². The third-order valence-corrected chi connectivity index (χ3v) is 5.85. The first-order valence-electron chi connectivity index (χ1n) is 11.3. The Kier molecular flexibility index (Phi) is 9.01. The Morgan fingerprint density at radius 3 is 2.28 bits per heavy atom. The fourth-order valence-corrected chi connectivity index (χ4v) is 4.09. The largest absolute Gasteiger partial charge is 0.383 e. The molecule has 1 aliphatic rings. The van der Waals surface area contributed by atoms with E-state index in [2.05, 4.69) is 16.0 Å². The van der Waals surface area contributed by atoms with Crippen LogP contribution in [0.1, 0.15) is 50.3 Å². The molecule has 1 aliphatic carbocycles. The molecule has 7 heteroatoms. The zero-order valence-electron chi connectivity index (χ0n) is 18.2. The first-order valence-corrected chi connectivity index (χ1v) is 11.3. The molecule has 2 atom stereocenters. The molecule has 172 valence electrons. The van der Waals surface area contributed by atoms with Gasteiger partial charge in [-0.3, -0.25) is 9.59 Å². The Bertz CT molecular complexity index is 855. The summed E-state index contributed by atoms with van der Waals surface area (Å²) >= 11 is 0. The molecular formula is C25H31F2N3O2. The van der Waals surface area contributed by atoms with Crippen molar-refractivity contribution in [1.29, 1.82) is 0 Å². The van der Waals surface area contributed by atoms with E-state index in [1.807, 2.05) is 0 Å². The van der Waals surface area contributed by atoms with Crippen molar-refractivity contribution >= 4 is 17.5 Å². The highest BCUT2D eigenvalue weighted by molar-refractivity contribution is 5.89. The van der Waals surface area contributed by atoms with Crippen LogP contribution in [-0.2, 0) is 9.59 Å². The molecule has 1 saturated carbocycles. The number of hydrogen-bond donors (Lipinski definition) is 3. The van der Waals surface area contributed by atoms with Gasteiger partial charge in [0.25, 0.3) is 5.91 Å². The first kappa shape index (κ1) is 23.7. The molecule has 5 nitrogen and oxygen atoms in total. The van der Waals surface area contributed by atoms with Gasteiger partial charge in [-0.25, -0.2) is 8.78 Å². The SMILES string of the molecule is O=C(NCCNc1ccc(F)cc1)[C@H](CC1CCCCC1)NC(=O)[C@@H](F)c1ccccc1. The van der Waals surface area contributed by atoms with Gasteiger partial charge in [0.05, 0.1) is 0 Å². The minimum absolute atomic E-state index is 0.269. The summed E-state index contributed by atoms with van der Waals surface area (Å²) < 4.78 is 27.7. The van der Waals surface area contributed by atoms with E-state index in [4.69, 9.17) is 0 Å². The molecule has 0 radical (unpaired) electrons. The molecule has 0 bridgehead atoms. The van der Waals surface area contributed by atoms with Crippen LogP contribution in [0, 0.1) is 11.7 Å². The molecular weight excluding hydrogens is 412 g/mol. The lowest BCUT2D eigenvalue weighted by Crippen LogP contribution is -2.49. The van der Waals surface area contributed by atoms with Crippen LogP contribution in [-0.4, -0.2) is 30.9 Å². The normalized spacial score (nSPS) is 16.1. The number of alkyl halides is 1. The monoisotopic (exact) mass is 443 g/mol. The molecule has 2 amide bonds. The molecule has 2 aromatic rings. The van der Waals surface area contributed by atoms with Gasteiger partial charge in [0.1, 0.15) is 11.9 Å². The third-order valence-electron chi connectivity index (χ3n) is 5.85. The van der Waals surface area contributed by atoms with Crippen LogP contribution in [0.25, 0.3) is 0 Å². The summed E-state index contributed by atoms with van der Waals surface area (Å²) in [6, 6.07) is 13.4. The number of halogens is 2. The molecule has 0 spiro atoms. The van der Waals surface area contributed by atoms with Crippen molar-refractivity contribution in [3.8, 4) is 0 Å². The molecule has 0 aliphatic heterocycles. The van der Waals surface area contributed by atoms with Crippen LogP contribution in [0.3, 0.4) is 0 Å². The maximum absolute atomic E-state index is 14.7. The van der Waals surface area contributed by atoms with E-state index in [1.54, 1.807) is 42.5 Å². The molecule has 0 heterocycles. The number of carbonyl (C=O) groups excluding carboxylic acids is 2. The topological polar surface area (TPSA) is 70.2 Å². The van der Waals surface area contributed by atoms with Crippen LogP contribution in [0.5, 0.6) is 0 Å². The standard InChI is InChI=1S/C25H31F2N3O2/c26-20-11-13-21(14-12-20)28-15-16-29-24(31)22(17-18-7-3-1-4-8-18)30-25(32)23(27)19-9-5-2-6-10-19/h2,5-6,9-14,18,22-23,28H,1,3-4,7-8,15-17H2,(H,29,31)(H,30,32)/t22-,23-/m0/s1. The van der Waals surface area contributed by atoms with E-state index in [0.29, 0.717) is 25.4 Å². The Morgan fingerprint density at radius 1 is 0.906 bits per heavy atom. The van der Waals surface area contributed by atoms with E-state index < -0.39 is 18.1 Å². The fraction of sp³-hybridized carbons (Fsp3) is 0.440. The van der Waals surface area contributed by atoms with Crippen molar-refractivity contribution in [3.63, 3.8) is 0 Å². The van der Waals surface area contributed by atoms with Gasteiger partial charge in [0, 0.05) is 18.8 Å². The second-order valence-corrected chi connectivity index (χ2v) is 8.30. The summed E-state index contributed by atoms with van der Waals surface area (Å²) in [7, 11) is 0. The van der Waals surface area contributed by atoms with Crippen molar-refractivity contribution in [3.05, 3.63) is 66.0 Å². The quantitative estimate of drug-likeness (QED) is 0.473. The van der Waals surface area contributed by atoms with Crippen LogP contribution < -0.4 is 16.0 Å². The van der Waals surface area contributed by atoms with Gasteiger partial charge in [-0.15, -0.1) is 0 Å². The second kappa shape index (κ2) is 12.2. The maximum Gasteiger partial charge on any atom is 0.259 e. The lowest BCUT2D eigenvalue weighted by atomic mass is 9.84. The van der Waals surface area contributed by atoms with E-state index in [9.17, 15) is 18.4 Å². The van der Waals surface area contributed by atoms with Crippen LogP contribution >= 0.6 is 0 Å². The molecule has 0 unspecified atom stereocenters. The van der Waals surface area contributed by atoms with Crippen molar-refractivity contribution in [1.82, 2.24) is 10.6 Å². The van der Waals surface area contributed by atoms with E-state index in [-0.39, 0.29) is 17.3 Å². The van der Waals surface area contributed by atoms with Gasteiger partial charge in [0.2, 0.25) is 12.1 Å². The van der Waals surface area contributed by atoms with E-state index in [1.165, 1.54) is 18.6 Å². The second-order valence-electron chi connectivity index (χ2n) is 8.30. The molecule has 32 heavy (non-hydrogen) atoms.